The van der Waals surface area contributed by atoms with Gasteiger partial charge < -0.3 is 19.8 Å². The fourth-order valence-corrected chi connectivity index (χ4v) is 5.79. The van der Waals surface area contributed by atoms with Crippen LogP contribution in [0, 0.1) is 11.3 Å². The van der Waals surface area contributed by atoms with E-state index in [-0.39, 0.29) is 6.10 Å². The molecule has 0 aromatic carbocycles. The molecule has 0 bridgehead atoms. The van der Waals surface area contributed by atoms with E-state index in [9.17, 15) is 5.11 Å². The second-order valence-electron chi connectivity index (χ2n) is 9.38. The highest BCUT2D eigenvalue weighted by Gasteiger charge is 2.45. The quantitative estimate of drug-likeness (QED) is 0.855. The van der Waals surface area contributed by atoms with Gasteiger partial charge in [-0.25, -0.2) is 0 Å². The Morgan fingerprint density at radius 3 is 2.08 bits per heavy atom. The van der Waals surface area contributed by atoms with Gasteiger partial charge in [0.25, 0.3) is 0 Å². The van der Waals surface area contributed by atoms with E-state index in [1.165, 1.54) is 84.3 Å². The molecule has 4 fully saturated rings. The van der Waals surface area contributed by atoms with E-state index in [0.717, 1.165) is 24.8 Å². The maximum atomic E-state index is 9.64. The molecule has 3 heterocycles. The number of piperidine rings is 3. The molecule has 4 rings (SSSR count). The summed E-state index contributed by atoms with van der Waals surface area (Å²) in [6.45, 7) is 9.14. The summed E-state index contributed by atoms with van der Waals surface area (Å²) in [6, 6.07) is 0.834. The molecular formula is C20H37N3O. The van der Waals surface area contributed by atoms with Gasteiger partial charge >= 0.3 is 0 Å². The molecule has 1 saturated carbocycles. The van der Waals surface area contributed by atoms with Crippen LogP contribution in [0.1, 0.15) is 51.4 Å². The van der Waals surface area contributed by atoms with Gasteiger partial charge in [0.2, 0.25) is 0 Å². The Balaban J connectivity index is 1.17. The minimum atomic E-state index is 0.0133. The molecule has 0 atom stereocenters. The van der Waals surface area contributed by atoms with E-state index in [4.69, 9.17) is 0 Å². The average molecular weight is 336 g/mol. The van der Waals surface area contributed by atoms with Crippen LogP contribution >= 0.6 is 0 Å². The summed E-state index contributed by atoms with van der Waals surface area (Å²) in [5.74, 6) is 0.942. The van der Waals surface area contributed by atoms with Crippen molar-refractivity contribution < 1.29 is 5.11 Å². The Morgan fingerprint density at radius 2 is 1.50 bits per heavy atom. The highest BCUT2D eigenvalue weighted by molar-refractivity contribution is 4.98. The van der Waals surface area contributed by atoms with Crippen LogP contribution in [0.2, 0.25) is 0 Å². The van der Waals surface area contributed by atoms with Gasteiger partial charge in [-0.15, -0.1) is 0 Å². The summed E-state index contributed by atoms with van der Waals surface area (Å²) in [6.07, 6.45) is 10.4. The monoisotopic (exact) mass is 335 g/mol. The van der Waals surface area contributed by atoms with Crippen LogP contribution < -0.4 is 0 Å². The molecule has 4 nitrogen and oxygen atoms in total. The van der Waals surface area contributed by atoms with E-state index < -0.39 is 0 Å². The first kappa shape index (κ1) is 17.3. The Bertz CT molecular complexity index is 397. The van der Waals surface area contributed by atoms with Crippen molar-refractivity contribution in [1.82, 2.24) is 14.7 Å². The molecule has 24 heavy (non-hydrogen) atoms. The Hall–Kier alpha value is -0.160. The molecule has 1 N–H and O–H groups in total. The second-order valence-corrected chi connectivity index (χ2v) is 9.38. The standard InChI is InChI=1S/C20H37N3O/c1-21-8-2-17(3-9-21)16-22-10-4-18(5-11-22)23-12-6-20(7-13-23)14-19(24)15-20/h17-19,24H,2-16H2,1H3. The minimum Gasteiger partial charge on any atom is -0.393 e. The van der Waals surface area contributed by atoms with Gasteiger partial charge in [0.1, 0.15) is 0 Å². The number of rotatable bonds is 3. The zero-order chi connectivity index (χ0) is 16.6. The van der Waals surface area contributed by atoms with Crippen molar-refractivity contribution in [2.45, 2.75) is 63.5 Å². The highest BCUT2D eigenvalue weighted by Crippen LogP contribution is 2.49. The average Bonchev–Trinajstić information content (AvgIpc) is 2.57. The zero-order valence-electron chi connectivity index (χ0n) is 15.6. The van der Waals surface area contributed by atoms with Crippen molar-refractivity contribution in [3.05, 3.63) is 0 Å². The number of nitrogens with zero attached hydrogens (tertiary/aromatic N) is 3. The molecular weight excluding hydrogens is 298 g/mol. The number of hydrogen-bond donors (Lipinski definition) is 1. The van der Waals surface area contributed by atoms with Crippen LogP contribution in [0.15, 0.2) is 0 Å². The summed E-state index contributed by atoms with van der Waals surface area (Å²) < 4.78 is 0. The summed E-state index contributed by atoms with van der Waals surface area (Å²) in [4.78, 5) is 8.01. The lowest BCUT2D eigenvalue weighted by molar-refractivity contribution is -0.0766. The normalized spacial score (nSPS) is 32.2. The van der Waals surface area contributed by atoms with Crippen LogP contribution in [-0.4, -0.2) is 84.8 Å². The van der Waals surface area contributed by atoms with Crippen molar-refractivity contribution in [1.29, 1.82) is 0 Å². The maximum absolute atomic E-state index is 9.64. The third-order valence-electron chi connectivity index (χ3n) is 7.62. The fourth-order valence-electron chi connectivity index (χ4n) is 5.79. The lowest BCUT2D eigenvalue weighted by Crippen LogP contribution is -2.53. The first-order valence-corrected chi connectivity index (χ1v) is 10.4. The molecule has 3 aliphatic heterocycles. The summed E-state index contributed by atoms with van der Waals surface area (Å²) in [5, 5.41) is 9.64. The van der Waals surface area contributed by atoms with E-state index in [1.54, 1.807) is 0 Å². The van der Waals surface area contributed by atoms with Gasteiger partial charge in [-0.05, 0) is 109 Å². The van der Waals surface area contributed by atoms with Gasteiger partial charge in [-0.3, -0.25) is 0 Å². The third-order valence-corrected chi connectivity index (χ3v) is 7.62. The predicted octanol–water partition coefficient (Wildman–Crippen LogP) is 2.03. The molecule has 4 aliphatic rings. The molecule has 138 valence electrons. The van der Waals surface area contributed by atoms with Crippen molar-refractivity contribution in [3.63, 3.8) is 0 Å². The van der Waals surface area contributed by atoms with Gasteiger partial charge in [0, 0.05) is 12.6 Å². The SMILES string of the molecule is CN1CCC(CN2CCC(N3CCC4(CC3)CC(O)C4)CC2)CC1. The third kappa shape index (κ3) is 3.82. The summed E-state index contributed by atoms with van der Waals surface area (Å²) >= 11 is 0. The van der Waals surface area contributed by atoms with E-state index in [0.29, 0.717) is 5.41 Å². The molecule has 3 saturated heterocycles. The summed E-state index contributed by atoms with van der Waals surface area (Å²) in [5.41, 5.74) is 0.533. The number of aliphatic hydroxyl groups excluding tert-OH is 1. The molecule has 4 heteroatoms. The minimum absolute atomic E-state index is 0.0133. The molecule has 0 aromatic rings. The Labute approximate surface area is 148 Å². The van der Waals surface area contributed by atoms with Crippen LogP contribution in [0.25, 0.3) is 0 Å². The second kappa shape index (κ2) is 7.22. The van der Waals surface area contributed by atoms with E-state index in [2.05, 4.69) is 21.7 Å². The molecule has 0 radical (unpaired) electrons. The van der Waals surface area contributed by atoms with Gasteiger partial charge in [0.15, 0.2) is 0 Å². The van der Waals surface area contributed by atoms with Crippen molar-refractivity contribution in [2.75, 3.05) is 52.9 Å². The first-order valence-electron chi connectivity index (χ1n) is 10.4. The van der Waals surface area contributed by atoms with Crippen LogP contribution in [0.3, 0.4) is 0 Å². The fraction of sp³-hybridized carbons (Fsp3) is 1.00. The van der Waals surface area contributed by atoms with Gasteiger partial charge in [-0.2, -0.15) is 0 Å². The van der Waals surface area contributed by atoms with Crippen LogP contribution in [0.4, 0.5) is 0 Å². The van der Waals surface area contributed by atoms with E-state index >= 15 is 0 Å². The topological polar surface area (TPSA) is 30.0 Å². The zero-order valence-corrected chi connectivity index (χ0v) is 15.6. The van der Waals surface area contributed by atoms with E-state index in [1.807, 2.05) is 0 Å². The largest absolute Gasteiger partial charge is 0.393 e. The van der Waals surface area contributed by atoms with Crippen LogP contribution in [0.5, 0.6) is 0 Å². The maximum Gasteiger partial charge on any atom is 0.0550 e. The lowest BCUT2D eigenvalue weighted by atomic mass is 9.61. The Morgan fingerprint density at radius 1 is 0.875 bits per heavy atom. The van der Waals surface area contributed by atoms with Crippen molar-refractivity contribution in [3.8, 4) is 0 Å². The number of aliphatic hydroxyl groups is 1. The smallest absolute Gasteiger partial charge is 0.0550 e. The lowest BCUT2D eigenvalue weighted by Gasteiger charge is -2.52. The van der Waals surface area contributed by atoms with Crippen LogP contribution in [-0.2, 0) is 0 Å². The molecule has 0 unspecified atom stereocenters. The van der Waals surface area contributed by atoms with Crippen molar-refractivity contribution >= 4 is 0 Å². The van der Waals surface area contributed by atoms with Gasteiger partial charge in [-0.1, -0.05) is 0 Å². The summed E-state index contributed by atoms with van der Waals surface area (Å²) in [7, 11) is 2.26. The number of hydrogen-bond acceptors (Lipinski definition) is 4. The highest BCUT2D eigenvalue weighted by atomic mass is 16.3. The van der Waals surface area contributed by atoms with Crippen molar-refractivity contribution in [2.24, 2.45) is 11.3 Å². The molecule has 1 spiro atoms. The first-order chi connectivity index (χ1) is 11.6. The Kier molecular flexibility index (Phi) is 5.19. The molecule has 0 amide bonds. The molecule has 0 aromatic heterocycles. The van der Waals surface area contributed by atoms with Gasteiger partial charge in [0.05, 0.1) is 6.10 Å². The predicted molar refractivity (Wildman–Crippen MR) is 98.2 cm³/mol. The molecule has 1 aliphatic carbocycles. The number of likely N-dealkylation sites (tertiary alicyclic amines) is 3.